The van der Waals surface area contributed by atoms with E-state index >= 15 is 8.78 Å². The van der Waals surface area contributed by atoms with Crippen LogP contribution in [0.2, 0.25) is 5.02 Å². The molecular formula is C40H34ClF10N7O5S2. The van der Waals surface area contributed by atoms with Crippen LogP contribution in [-0.2, 0) is 56.3 Å². The number of nitrogens with zero attached hydrogens (tertiary/aromatic N) is 5. The molecule has 2 aliphatic carbocycles. The van der Waals surface area contributed by atoms with E-state index in [1.54, 1.807) is 0 Å². The molecule has 2 aromatic carbocycles. The molecular weight excluding hydrogens is 948 g/mol. The van der Waals surface area contributed by atoms with Crippen molar-refractivity contribution >= 4 is 54.1 Å². The van der Waals surface area contributed by atoms with Crippen molar-refractivity contribution in [1.29, 1.82) is 0 Å². The maximum absolute atomic E-state index is 15.7. The zero-order valence-electron chi connectivity index (χ0n) is 34.2. The van der Waals surface area contributed by atoms with Crippen LogP contribution in [-0.4, -0.2) is 70.7 Å². The third kappa shape index (κ3) is 9.36. The second-order valence-electron chi connectivity index (χ2n) is 16.4. The summed E-state index contributed by atoms with van der Waals surface area (Å²) in [6.45, 7) is 0.804. The molecule has 3 aromatic heterocycles. The first-order chi connectivity index (χ1) is 29.8. The summed E-state index contributed by atoms with van der Waals surface area (Å²) in [6, 6.07) is 5.24. The van der Waals surface area contributed by atoms with E-state index in [1.807, 2.05) is 4.72 Å². The van der Waals surface area contributed by atoms with Gasteiger partial charge >= 0.3 is 12.4 Å². The molecule has 0 radical (unpaired) electrons. The summed E-state index contributed by atoms with van der Waals surface area (Å²) in [7, 11) is -8.07. The van der Waals surface area contributed by atoms with Crippen LogP contribution in [0.15, 0.2) is 42.5 Å². The number of halogens is 11. The predicted molar refractivity (Wildman–Crippen MR) is 216 cm³/mol. The minimum absolute atomic E-state index is 0.196. The van der Waals surface area contributed by atoms with Gasteiger partial charge in [-0.25, -0.2) is 30.6 Å². The van der Waals surface area contributed by atoms with Gasteiger partial charge in [0.25, 0.3) is 5.92 Å². The molecule has 0 spiro atoms. The maximum Gasteiger partial charge on any atom is 0.435 e. The Morgan fingerprint density at radius 2 is 1.57 bits per heavy atom. The molecule has 25 heteroatoms. The van der Waals surface area contributed by atoms with Crippen LogP contribution in [0, 0.1) is 35.3 Å². The van der Waals surface area contributed by atoms with Gasteiger partial charge < -0.3 is 5.32 Å². The highest BCUT2D eigenvalue weighted by Gasteiger charge is 2.72. The van der Waals surface area contributed by atoms with Crippen molar-refractivity contribution in [2.24, 2.45) is 11.8 Å². The lowest BCUT2D eigenvalue weighted by molar-refractivity contribution is -0.143. The van der Waals surface area contributed by atoms with Crippen molar-refractivity contribution in [3.8, 4) is 23.0 Å². The summed E-state index contributed by atoms with van der Waals surface area (Å²) in [5.41, 5.74) is -5.18. The Morgan fingerprint density at radius 1 is 0.938 bits per heavy atom. The molecule has 3 heterocycles. The number of sulfonamides is 1. The van der Waals surface area contributed by atoms with Gasteiger partial charge in [-0.15, -0.1) is 0 Å². The molecule has 0 aliphatic heterocycles. The number of carbonyl (C=O) groups excluding carboxylic acids is 1. The lowest BCUT2D eigenvalue weighted by Gasteiger charge is -2.23. The molecule has 2 N–H and O–H groups in total. The maximum atomic E-state index is 15.7. The molecule has 2 aliphatic rings. The summed E-state index contributed by atoms with van der Waals surface area (Å²) in [4.78, 5) is 18.6. The standard InChI is InChI=1S/C40H34ClF10N7O5S2/c1-18-28-30-34(40(49,50)51)54-57(35(30)39(47,48)31(18)28)16-27(59)53-26(14-19-12-20(42)15-21(43)13-19)32-23(7-6-22(52-32)10-11-37(2,3)64(4,60)61)24-8-9-25(41)29-33(24)58(17-38(44,45)46)55-36(29)56-65(5,62)63/h6-9,12-13,15,18,26,28,31H,14,16-17H2,1-5H3,(H,53,59)(H,55,56)/t18-,26+,28-,31-/m1/s1. The van der Waals surface area contributed by atoms with Gasteiger partial charge in [0, 0.05) is 40.8 Å². The highest BCUT2D eigenvalue weighted by molar-refractivity contribution is 7.92. The third-order valence-electron chi connectivity index (χ3n) is 11.1. The average molecular weight is 982 g/mol. The van der Waals surface area contributed by atoms with E-state index in [-0.39, 0.29) is 43.2 Å². The van der Waals surface area contributed by atoms with Gasteiger partial charge in [0.1, 0.15) is 40.9 Å². The molecule has 348 valence electrons. The number of carbonyl (C=O) groups is 1. The fraction of sp³-hybridized carbons (Fsp3) is 0.400. The van der Waals surface area contributed by atoms with Gasteiger partial charge in [-0.3, -0.25) is 18.9 Å². The van der Waals surface area contributed by atoms with Crippen molar-refractivity contribution in [1.82, 2.24) is 29.9 Å². The highest BCUT2D eigenvalue weighted by Crippen LogP contribution is 2.71. The number of nitrogens with one attached hydrogen (secondary N) is 2. The van der Waals surface area contributed by atoms with E-state index in [9.17, 15) is 56.8 Å². The van der Waals surface area contributed by atoms with E-state index in [4.69, 9.17) is 11.6 Å². The molecule has 5 aromatic rings. The third-order valence-corrected chi connectivity index (χ3v) is 13.9. The Balaban J connectivity index is 1.45. The molecule has 0 unspecified atom stereocenters. The molecule has 1 amide bonds. The highest BCUT2D eigenvalue weighted by atomic mass is 35.5. The second kappa shape index (κ2) is 15.9. The Kier molecular flexibility index (Phi) is 11.6. The van der Waals surface area contributed by atoms with Crippen LogP contribution in [0.4, 0.5) is 49.7 Å². The number of amides is 1. The van der Waals surface area contributed by atoms with Crippen molar-refractivity contribution < 1.29 is 65.5 Å². The van der Waals surface area contributed by atoms with Crippen LogP contribution >= 0.6 is 11.6 Å². The Labute approximate surface area is 368 Å². The number of hydrogen-bond donors (Lipinski definition) is 2. The monoisotopic (exact) mass is 981 g/mol. The number of hydrogen-bond acceptors (Lipinski definition) is 8. The number of aromatic nitrogens is 5. The van der Waals surface area contributed by atoms with Gasteiger partial charge in [-0.05, 0) is 68.0 Å². The van der Waals surface area contributed by atoms with Crippen LogP contribution in [0.1, 0.15) is 66.6 Å². The first-order valence-corrected chi connectivity index (χ1v) is 23.2. The topological polar surface area (TPSA) is 158 Å². The van der Waals surface area contributed by atoms with Gasteiger partial charge in [-0.2, -0.15) is 45.3 Å². The number of benzene rings is 2. The number of fused-ring (bicyclic) bond motifs is 4. The summed E-state index contributed by atoms with van der Waals surface area (Å²) in [6.07, 6.45) is -9.23. The molecule has 0 saturated heterocycles. The fourth-order valence-corrected chi connectivity index (χ4v) is 8.99. The van der Waals surface area contributed by atoms with Crippen LogP contribution in [0.3, 0.4) is 0 Å². The fourth-order valence-electron chi connectivity index (χ4n) is 8.02. The van der Waals surface area contributed by atoms with Gasteiger partial charge in [0.2, 0.25) is 15.9 Å². The summed E-state index contributed by atoms with van der Waals surface area (Å²) < 4.78 is 196. The Bertz CT molecular complexity index is 3070. The Hall–Kier alpha value is -5.41. The lowest BCUT2D eigenvalue weighted by Crippen LogP contribution is -2.35. The number of rotatable bonds is 11. The minimum Gasteiger partial charge on any atom is -0.346 e. The molecule has 4 atom stereocenters. The smallest absolute Gasteiger partial charge is 0.346 e. The van der Waals surface area contributed by atoms with Crippen molar-refractivity contribution in [3.63, 3.8) is 0 Å². The SMILES string of the molecule is C[C@@H]1[C@@H]2c3c(C(F)(F)F)nn(CC(=O)N[C@@H](Cc4cc(F)cc(F)c4)c4nc(C#CC(C)(C)S(C)(=O)=O)ccc4-c4ccc(Cl)c5c(NS(C)(=O)=O)nn(CC(F)(F)F)c45)c3C(F)(F)[C@H]12. The normalized spacial score (nSPS) is 18.7. The van der Waals surface area contributed by atoms with E-state index in [0.717, 1.165) is 24.5 Å². The first kappa shape index (κ1) is 47.5. The molecule has 1 fully saturated rings. The second-order valence-corrected chi connectivity index (χ2v) is 21.1. The van der Waals surface area contributed by atoms with E-state index in [1.165, 1.54) is 39.0 Å². The summed E-state index contributed by atoms with van der Waals surface area (Å²) in [5, 5.41) is 9.06. The molecule has 0 bridgehead atoms. The minimum atomic E-state index is -5.20. The van der Waals surface area contributed by atoms with E-state index in [2.05, 4.69) is 32.3 Å². The molecule has 65 heavy (non-hydrogen) atoms. The zero-order chi connectivity index (χ0) is 48.1. The summed E-state index contributed by atoms with van der Waals surface area (Å²) >= 11 is 6.46. The molecule has 7 rings (SSSR count). The number of alkyl halides is 8. The van der Waals surface area contributed by atoms with Crippen molar-refractivity contribution in [2.45, 2.75) is 75.3 Å². The zero-order valence-corrected chi connectivity index (χ0v) is 36.6. The van der Waals surface area contributed by atoms with Crippen LogP contribution in [0.25, 0.3) is 22.0 Å². The van der Waals surface area contributed by atoms with Gasteiger partial charge in [0.15, 0.2) is 21.3 Å². The van der Waals surface area contributed by atoms with Crippen molar-refractivity contribution in [2.75, 3.05) is 17.2 Å². The Morgan fingerprint density at radius 3 is 2.15 bits per heavy atom. The largest absolute Gasteiger partial charge is 0.435 e. The van der Waals surface area contributed by atoms with Gasteiger partial charge in [-0.1, -0.05) is 30.5 Å². The lowest BCUT2D eigenvalue weighted by atomic mass is 9.93. The molecule has 1 saturated carbocycles. The number of pyridine rings is 1. The summed E-state index contributed by atoms with van der Waals surface area (Å²) in [5.74, 6) is -6.34. The number of anilines is 1. The van der Waals surface area contributed by atoms with E-state index < -0.39 is 132 Å². The van der Waals surface area contributed by atoms with Crippen molar-refractivity contribution in [3.05, 3.63) is 93.0 Å². The first-order valence-electron chi connectivity index (χ1n) is 19.1. The quantitative estimate of drug-likeness (QED) is 0.0999. The average Bonchev–Trinajstić information content (AvgIpc) is 3.36. The molecule has 12 nitrogen and oxygen atoms in total. The number of sulfone groups is 1. The van der Waals surface area contributed by atoms with Crippen LogP contribution < -0.4 is 10.0 Å². The van der Waals surface area contributed by atoms with E-state index in [0.29, 0.717) is 17.0 Å². The van der Waals surface area contributed by atoms with Gasteiger partial charge in [0.05, 0.1) is 33.9 Å². The predicted octanol–water partition coefficient (Wildman–Crippen LogP) is 7.91. The van der Waals surface area contributed by atoms with Crippen LogP contribution in [0.5, 0.6) is 0 Å².